The molecule has 6 nitrogen and oxygen atoms in total. The molecular weight excluding hydrogens is 326 g/mol. The van der Waals surface area contributed by atoms with Gasteiger partial charge in [-0.3, -0.25) is 0 Å². The van der Waals surface area contributed by atoms with Crippen LogP contribution in [0.1, 0.15) is 62.4 Å². The number of piperidine rings is 1. The Morgan fingerprint density at radius 1 is 1.08 bits per heavy atom. The van der Waals surface area contributed by atoms with Gasteiger partial charge in [0.25, 0.3) is 5.95 Å². The molecule has 136 valence electrons. The van der Waals surface area contributed by atoms with Crippen LogP contribution in [0, 0.1) is 0 Å². The van der Waals surface area contributed by atoms with E-state index in [0.717, 1.165) is 37.3 Å². The number of hydrogen-bond acceptors (Lipinski definition) is 5. The Morgan fingerprint density at radius 3 is 2.65 bits per heavy atom. The maximum atomic E-state index is 5.65. The summed E-state index contributed by atoms with van der Waals surface area (Å²) in [6.45, 7) is 5.66. The average Bonchev–Trinajstić information content (AvgIpc) is 3.27. The number of rotatable bonds is 5. The van der Waals surface area contributed by atoms with E-state index in [9.17, 15) is 0 Å². The average molecular weight is 351 g/mol. The highest BCUT2D eigenvalue weighted by Gasteiger charge is 2.30. The first kappa shape index (κ1) is 16.0. The number of fused-ring (bicyclic) bond motifs is 1. The van der Waals surface area contributed by atoms with Gasteiger partial charge in [-0.15, -0.1) is 0 Å². The lowest BCUT2D eigenvalue weighted by Crippen LogP contribution is -2.33. The normalized spacial score (nSPS) is 19.4. The molecule has 1 aliphatic carbocycles. The van der Waals surface area contributed by atoms with Gasteiger partial charge in [-0.2, -0.15) is 14.8 Å². The molecule has 0 unspecified atom stereocenters. The topological polar surface area (TPSA) is 60.0 Å². The molecule has 2 aliphatic rings. The fraction of sp³-hybridized carbons (Fsp3) is 0.550. The van der Waals surface area contributed by atoms with E-state index < -0.39 is 0 Å². The maximum Gasteiger partial charge on any atom is 0.291 e. The Kier molecular flexibility index (Phi) is 4.00. The molecule has 3 heterocycles. The molecule has 2 aromatic heterocycles. The molecule has 6 heteroatoms. The van der Waals surface area contributed by atoms with Crippen molar-refractivity contribution in [2.75, 3.05) is 19.6 Å². The van der Waals surface area contributed by atoms with Crippen LogP contribution in [-0.4, -0.2) is 44.5 Å². The summed E-state index contributed by atoms with van der Waals surface area (Å²) >= 11 is 0. The van der Waals surface area contributed by atoms with Crippen molar-refractivity contribution in [3.63, 3.8) is 0 Å². The molecule has 1 saturated heterocycles. The summed E-state index contributed by atoms with van der Waals surface area (Å²) in [4.78, 5) is 7.25. The van der Waals surface area contributed by atoms with E-state index in [-0.39, 0.29) is 0 Å². The van der Waals surface area contributed by atoms with Gasteiger partial charge < -0.3 is 9.42 Å². The van der Waals surface area contributed by atoms with Crippen molar-refractivity contribution in [2.24, 2.45) is 0 Å². The van der Waals surface area contributed by atoms with Crippen LogP contribution in [0.15, 0.2) is 28.8 Å². The van der Waals surface area contributed by atoms with Crippen LogP contribution >= 0.6 is 0 Å². The SMILES string of the molecule is CCCN1CCC(c2nc(-n3nc(C4CC4)c4ccccc43)no2)CC1. The van der Waals surface area contributed by atoms with Crippen LogP contribution < -0.4 is 0 Å². The Morgan fingerprint density at radius 2 is 1.88 bits per heavy atom. The fourth-order valence-corrected chi connectivity index (χ4v) is 4.10. The molecule has 0 N–H and O–H groups in total. The molecule has 2 fully saturated rings. The highest BCUT2D eigenvalue weighted by molar-refractivity contribution is 5.83. The zero-order valence-electron chi connectivity index (χ0n) is 15.3. The molecule has 0 amide bonds. The number of aromatic nitrogens is 4. The first-order valence-corrected chi connectivity index (χ1v) is 9.87. The second kappa shape index (κ2) is 6.50. The predicted octanol–water partition coefficient (Wildman–Crippen LogP) is 3.88. The van der Waals surface area contributed by atoms with E-state index in [4.69, 9.17) is 14.6 Å². The third-order valence-electron chi connectivity index (χ3n) is 5.68. The summed E-state index contributed by atoms with van der Waals surface area (Å²) < 4.78 is 7.51. The van der Waals surface area contributed by atoms with Gasteiger partial charge in [0.1, 0.15) is 0 Å². The van der Waals surface area contributed by atoms with E-state index in [1.165, 1.54) is 36.9 Å². The van der Waals surface area contributed by atoms with E-state index in [2.05, 4.69) is 35.2 Å². The second-order valence-electron chi connectivity index (χ2n) is 7.64. The predicted molar refractivity (Wildman–Crippen MR) is 99.6 cm³/mol. The summed E-state index contributed by atoms with van der Waals surface area (Å²) in [6.07, 6.45) is 5.86. The number of para-hydroxylation sites is 1. The van der Waals surface area contributed by atoms with Gasteiger partial charge >= 0.3 is 0 Å². The smallest absolute Gasteiger partial charge is 0.291 e. The van der Waals surface area contributed by atoms with E-state index >= 15 is 0 Å². The molecule has 3 aromatic rings. The van der Waals surface area contributed by atoms with E-state index in [1.807, 2.05) is 10.7 Å². The van der Waals surface area contributed by atoms with Crippen molar-refractivity contribution in [2.45, 2.75) is 50.9 Å². The van der Waals surface area contributed by atoms with Crippen LogP contribution in [0.3, 0.4) is 0 Å². The molecule has 0 bridgehead atoms. The number of nitrogens with zero attached hydrogens (tertiary/aromatic N) is 5. The number of benzene rings is 1. The lowest BCUT2D eigenvalue weighted by atomic mass is 9.97. The summed E-state index contributed by atoms with van der Waals surface area (Å²) in [7, 11) is 0. The Bertz CT molecular complexity index is 902. The lowest BCUT2D eigenvalue weighted by molar-refractivity contribution is 0.194. The van der Waals surface area contributed by atoms with Crippen molar-refractivity contribution >= 4 is 10.9 Å². The van der Waals surface area contributed by atoms with E-state index in [0.29, 0.717) is 17.8 Å². The summed E-state index contributed by atoms with van der Waals surface area (Å²) in [6, 6.07) is 8.36. The Labute approximate surface area is 153 Å². The molecule has 0 spiro atoms. The van der Waals surface area contributed by atoms with Gasteiger partial charge in [-0.1, -0.05) is 25.1 Å². The van der Waals surface area contributed by atoms with Crippen molar-refractivity contribution in [3.05, 3.63) is 35.9 Å². The monoisotopic (exact) mass is 351 g/mol. The third-order valence-corrected chi connectivity index (χ3v) is 5.68. The summed E-state index contributed by atoms with van der Waals surface area (Å²) in [5.74, 6) is 2.30. The second-order valence-corrected chi connectivity index (χ2v) is 7.64. The van der Waals surface area contributed by atoms with Gasteiger partial charge in [0, 0.05) is 17.2 Å². The minimum atomic E-state index is 0.370. The fourth-order valence-electron chi connectivity index (χ4n) is 4.10. The Balaban J connectivity index is 1.42. The highest BCUT2D eigenvalue weighted by Crippen LogP contribution is 2.42. The van der Waals surface area contributed by atoms with Crippen molar-refractivity contribution in [1.29, 1.82) is 0 Å². The van der Waals surface area contributed by atoms with Gasteiger partial charge in [-0.25, -0.2) is 0 Å². The third kappa shape index (κ3) is 2.82. The minimum Gasteiger partial charge on any atom is -0.337 e. The molecule has 5 rings (SSSR count). The zero-order valence-corrected chi connectivity index (χ0v) is 15.3. The number of hydrogen-bond donors (Lipinski definition) is 0. The number of likely N-dealkylation sites (tertiary alicyclic amines) is 1. The van der Waals surface area contributed by atoms with Crippen LogP contribution in [0.25, 0.3) is 16.9 Å². The van der Waals surface area contributed by atoms with Crippen molar-refractivity contribution < 1.29 is 4.52 Å². The Hall–Kier alpha value is -2.21. The van der Waals surface area contributed by atoms with Gasteiger partial charge in [0.2, 0.25) is 5.89 Å². The quantitative estimate of drug-likeness (QED) is 0.698. The van der Waals surface area contributed by atoms with Crippen LogP contribution in [0.4, 0.5) is 0 Å². The molecule has 0 radical (unpaired) electrons. The van der Waals surface area contributed by atoms with Crippen molar-refractivity contribution in [3.8, 4) is 5.95 Å². The summed E-state index contributed by atoms with van der Waals surface area (Å²) in [5, 5.41) is 10.3. The van der Waals surface area contributed by atoms with Crippen LogP contribution in [0.2, 0.25) is 0 Å². The molecule has 1 aromatic carbocycles. The zero-order chi connectivity index (χ0) is 17.5. The first-order chi connectivity index (χ1) is 12.8. The highest BCUT2D eigenvalue weighted by atomic mass is 16.5. The maximum absolute atomic E-state index is 5.65. The van der Waals surface area contributed by atoms with Crippen LogP contribution in [-0.2, 0) is 0 Å². The molecule has 0 atom stereocenters. The van der Waals surface area contributed by atoms with E-state index in [1.54, 1.807) is 0 Å². The first-order valence-electron chi connectivity index (χ1n) is 9.87. The summed E-state index contributed by atoms with van der Waals surface area (Å²) in [5.41, 5.74) is 2.25. The molecule has 26 heavy (non-hydrogen) atoms. The minimum absolute atomic E-state index is 0.370. The largest absolute Gasteiger partial charge is 0.337 e. The molecule has 1 aliphatic heterocycles. The van der Waals surface area contributed by atoms with Crippen molar-refractivity contribution in [1.82, 2.24) is 24.8 Å². The lowest BCUT2D eigenvalue weighted by Gasteiger charge is -2.29. The van der Waals surface area contributed by atoms with Gasteiger partial charge in [0.15, 0.2) is 0 Å². The molecule has 1 saturated carbocycles. The van der Waals surface area contributed by atoms with Gasteiger partial charge in [-0.05, 0) is 63.0 Å². The standard InChI is InChI=1S/C20H25N5O/c1-2-11-24-12-9-15(10-13-24)19-21-20(23-26-19)25-17-6-4-3-5-16(17)18(22-25)14-7-8-14/h3-6,14-15H,2,7-13H2,1H3. The molecular formula is C20H25N5O. The van der Waals surface area contributed by atoms with Gasteiger partial charge in [0.05, 0.1) is 11.2 Å². The van der Waals surface area contributed by atoms with Crippen LogP contribution in [0.5, 0.6) is 0 Å².